The Kier molecular flexibility index (Phi) is 10.2. The van der Waals surface area contributed by atoms with E-state index < -0.39 is 53.8 Å². The minimum absolute atomic E-state index is 0.321. The van der Waals surface area contributed by atoms with Crippen molar-refractivity contribution in [3.8, 4) is 0 Å². The first-order valence-electron chi connectivity index (χ1n) is 12.1. The summed E-state index contributed by atoms with van der Waals surface area (Å²) < 4.78 is 0. The molecular weight excluding hydrogens is 464 g/mol. The van der Waals surface area contributed by atoms with Crippen LogP contribution in [0, 0.1) is 5.92 Å². The molecule has 0 saturated carbocycles. The third kappa shape index (κ3) is 7.66. The number of carboxylic acids is 1. The Balaban J connectivity index is 1.94. The number of allylic oxidation sites excluding steroid dienone is 1. The Morgan fingerprint density at radius 1 is 0.972 bits per heavy atom. The maximum absolute atomic E-state index is 13.0. The molecular formula is C26H36N4O6. The number of aliphatic carboxylic acids is 1. The van der Waals surface area contributed by atoms with Gasteiger partial charge in [-0.25, -0.2) is 4.79 Å². The zero-order valence-corrected chi connectivity index (χ0v) is 21.4. The van der Waals surface area contributed by atoms with Crippen molar-refractivity contribution in [3.05, 3.63) is 42.0 Å². The monoisotopic (exact) mass is 500 g/mol. The lowest BCUT2D eigenvalue weighted by molar-refractivity contribution is -0.145. The molecule has 1 aromatic rings. The summed E-state index contributed by atoms with van der Waals surface area (Å²) in [5.41, 5.74) is 1.63. The van der Waals surface area contributed by atoms with Crippen molar-refractivity contribution in [1.29, 1.82) is 0 Å². The molecule has 36 heavy (non-hydrogen) atoms. The van der Waals surface area contributed by atoms with Gasteiger partial charge in [0, 0.05) is 12.6 Å². The van der Waals surface area contributed by atoms with Crippen molar-refractivity contribution in [2.45, 2.75) is 71.6 Å². The highest BCUT2D eigenvalue weighted by Crippen LogP contribution is 2.19. The zero-order chi connectivity index (χ0) is 27.0. The van der Waals surface area contributed by atoms with Crippen LogP contribution in [-0.2, 0) is 24.0 Å². The predicted octanol–water partition coefficient (Wildman–Crippen LogP) is 1.32. The number of amides is 4. The van der Waals surface area contributed by atoms with Crippen LogP contribution in [0.1, 0.15) is 53.0 Å². The summed E-state index contributed by atoms with van der Waals surface area (Å²) in [7, 11) is 0. The van der Waals surface area contributed by atoms with E-state index in [-0.39, 0.29) is 5.92 Å². The van der Waals surface area contributed by atoms with Crippen molar-refractivity contribution in [2.24, 2.45) is 5.92 Å². The molecule has 1 fully saturated rings. The summed E-state index contributed by atoms with van der Waals surface area (Å²) in [4.78, 5) is 63.5. The average Bonchev–Trinajstić information content (AvgIpc) is 3.31. The van der Waals surface area contributed by atoms with Gasteiger partial charge in [-0.1, -0.05) is 44.2 Å². The number of benzene rings is 1. The van der Waals surface area contributed by atoms with Gasteiger partial charge in [-0.3, -0.25) is 19.2 Å². The van der Waals surface area contributed by atoms with Crippen LogP contribution in [0.25, 0.3) is 5.57 Å². The van der Waals surface area contributed by atoms with Gasteiger partial charge in [-0.05, 0) is 50.7 Å². The van der Waals surface area contributed by atoms with E-state index in [0.717, 1.165) is 11.1 Å². The van der Waals surface area contributed by atoms with Crippen LogP contribution in [-0.4, -0.2) is 70.3 Å². The van der Waals surface area contributed by atoms with Crippen LogP contribution in [0.3, 0.4) is 0 Å². The Labute approximate surface area is 211 Å². The van der Waals surface area contributed by atoms with Gasteiger partial charge in [0.1, 0.15) is 24.2 Å². The topological polar surface area (TPSA) is 145 Å². The van der Waals surface area contributed by atoms with Gasteiger partial charge in [-0.15, -0.1) is 0 Å². The van der Waals surface area contributed by atoms with Crippen molar-refractivity contribution in [2.75, 3.05) is 6.54 Å². The molecule has 0 aromatic heterocycles. The quantitative estimate of drug-likeness (QED) is 0.357. The lowest BCUT2D eigenvalue weighted by atomic mass is 10.0. The van der Waals surface area contributed by atoms with Gasteiger partial charge >= 0.3 is 5.97 Å². The largest absolute Gasteiger partial charge is 0.480 e. The number of nitrogens with one attached hydrogen (secondary N) is 3. The van der Waals surface area contributed by atoms with Gasteiger partial charge in [0.2, 0.25) is 23.6 Å². The molecule has 0 bridgehead atoms. The van der Waals surface area contributed by atoms with Gasteiger partial charge in [0.25, 0.3) is 0 Å². The van der Waals surface area contributed by atoms with Gasteiger partial charge in [-0.2, -0.15) is 0 Å². The maximum Gasteiger partial charge on any atom is 0.326 e. The molecule has 10 nitrogen and oxygen atoms in total. The Morgan fingerprint density at radius 3 is 2.19 bits per heavy atom. The third-order valence-electron chi connectivity index (χ3n) is 6.13. The molecule has 4 amide bonds. The normalized spacial score (nSPS) is 18.2. The van der Waals surface area contributed by atoms with Gasteiger partial charge in [0.15, 0.2) is 0 Å². The lowest BCUT2D eigenvalue weighted by Gasteiger charge is -2.29. The highest BCUT2D eigenvalue weighted by atomic mass is 16.4. The number of carbonyl (C=O) groups excluding carboxylic acids is 4. The minimum Gasteiger partial charge on any atom is -0.480 e. The first kappa shape index (κ1) is 28.5. The van der Waals surface area contributed by atoms with E-state index in [0.29, 0.717) is 19.4 Å². The molecule has 1 unspecified atom stereocenters. The molecule has 10 heteroatoms. The summed E-state index contributed by atoms with van der Waals surface area (Å²) in [6, 6.07) is 5.65. The van der Waals surface area contributed by atoms with Crippen LogP contribution in [0.4, 0.5) is 0 Å². The van der Waals surface area contributed by atoms with Crippen LogP contribution >= 0.6 is 0 Å². The number of rotatable bonds is 10. The molecule has 1 saturated heterocycles. The minimum atomic E-state index is -1.14. The van der Waals surface area contributed by atoms with Crippen molar-refractivity contribution >= 4 is 35.2 Å². The van der Waals surface area contributed by atoms with Crippen LogP contribution in [0.5, 0.6) is 0 Å². The number of carbonyl (C=O) groups is 5. The smallest absolute Gasteiger partial charge is 0.326 e. The standard InChI is InChI=1S/C26H36N4O6/c1-15(2)22(26(35)36)29-24(33)20-12-9-13-30(20)25(34)18(5)28-23(32)17(4)27-21(31)14-16(3)19-10-7-6-8-11-19/h6-8,10-11,14-15,17-18,20,22H,9,12-13H2,1-5H3,(H,27,31)(H,28,32)(H,29,33)(H,35,36)/b16-14-/t17?,18-,20-,22-/m0/s1. The Morgan fingerprint density at radius 2 is 1.61 bits per heavy atom. The van der Waals surface area contributed by atoms with E-state index >= 15 is 0 Å². The SMILES string of the molecule is C/C(=C/C(=O)NC(C)C(=O)N[C@@H](C)C(=O)N1CCC[C@H]1C(=O)N[C@H](C(=O)O)C(C)C)c1ccccc1. The van der Waals surface area contributed by atoms with Crippen molar-refractivity contribution < 1.29 is 29.1 Å². The van der Waals surface area contributed by atoms with Crippen LogP contribution in [0.2, 0.25) is 0 Å². The van der Waals surface area contributed by atoms with E-state index in [1.54, 1.807) is 20.8 Å². The van der Waals surface area contributed by atoms with E-state index in [2.05, 4.69) is 16.0 Å². The second-order valence-electron chi connectivity index (χ2n) is 9.41. The second kappa shape index (κ2) is 12.9. The molecule has 196 valence electrons. The highest BCUT2D eigenvalue weighted by molar-refractivity contribution is 5.98. The fourth-order valence-corrected chi connectivity index (χ4v) is 4.02. The number of hydrogen-bond donors (Lipinski definition) is 4. The molecule has 4 N–H and O–H groups in total. The average molecular weight is 501 g/mol. The number of likely N-dealkylation sites (tertiary alicyclic amines) is 1. The molecule has 0 spiro atoms. The molecule has 4 atom stereocenters. The number of hydrogen-bond acceptors (Lipinski definition) is 5. The van der Waals surface area contributed by atoms with E-state index in [1.807, 2.05) is 30.3 Å². The molecule has 0 aliphatic carbocycles. The number of nitrogens with zero attached hydrogens (tertiary/aromatic N) is 1. The summed E-state index contributed by atoms with van der Waals surface area (Å²) >= 11 is 0. The molecule has 1 aliphatic rings. The molecule has 0 radical (unpaired) electrons. The second-order valence-corrected chi connectivity index (χ2v) is 9.41. The first-order valence-corrected chi connectivity index (χ1v) is 12.1. The fourth-order valence-electron chi connectivity index (χ4n) is 4.02. The molecule has 2 rings (SSSR count). The van der Waals surface area contributed by atoms with Crippen molar-refractivity contribution in [3.63, 3.8) is 0 Å². The van der Waals surface area contributed by atoms with Gasteiger partial charge < -0.3 is 26.0 Å². The Bertz CT molecular complexity index is 1010. The van der Waals surface area contributed by atoms with Gasteiger partial charge in [0.05, 0.1) is 0 Å². The first-order chi connectivity index (χ1) is 16.9. The van der Waals surface area contributed by atoms with Crippen molar-refractivity contribution in [1.82, 2.24) is 20.9 Å². The predicted molar refractivity (Wildman–Crippen MR) is 134 cm³/mol. The third-order valence-corrected chi connectivity index (χ3v) is 6.13. The number of carboxylic acid groups (broad SMARTS) is 1. The van der Waals surface area contributed by atoms with Crippen LogP contribution in [0.15, 0.2) is 36.4 Å². The van der Waals surface area contributed by atoms with E-state index in [9.17, 15) is 29.1 Å². The van der Waals surface area contributed by atoms with E-state index in [4.69, 9.17) is 0 Å². The Hall–Kier alpha value is -3.69. The fraction of sp³-hybridized carbons (Fsp3) is 0.500. The van der Waals surface area contributed by atoms with E-state index in [1.165, 1.54) is 24.8 Å². The maximum atomic E-state index is 13.0. The summed E-state index contributed by atoms with van der Waals surface area (Å²) in [5.74, 6) is -3.41. The summed E-state index contributed by atoms with van der Waals surface area (Å²) in [6.07, 6.45) is 2.40. The molecule has 1 aliphatic heterocycles. The van der Waals surface area contributed by atoms with Crippen LogP contribution < -0.4 is 16.0 Å². The lowest BCUT2D eigenvalue weighted by Crippen LogP contribution is -2.56. The zero-order valence-electron chi connectivity index (χ0n) is 21.4. The molecule has 1 aromatic carbocycles. The summed E-state index contributed by atoms with van der Waals surface area (Å²) in [6.45, 7) is 8.52. The molecule has 1 heterocycles. The summed E-state index contributed by atoms with van der Waals surface area (Å²) in [5, 5.41) is 17.0. The highest BCUT2D eigenvalue weighted by Gasteiger charge is 2.38.